The minimum absolute atomic E-state index is 0.805. The zero-order valence-electron chi connectivity index (χ0n) is 11.0. The number of nitrogens with one attached hydrogen (secondary N) is 1. The molecule has 0 amide bonds. The smallest absolute Gasteiger partial charge is 0.00939 e. The van der Waals surface area contributed by atoms with E-state index in [4.69, 9.17) is 0 Å². The standard InChI is InChI=1S/C14H28N2/c1-3-12-4-6-13(7-5-12)15-14-8-10-16(2)11-9-14/h12-15H,3-11H2,1-2H3. The maximum atomic E-state index is 3.90. The number of piperidine rings is 1. The Balaban J connectivity index is 1.66. The number of hydrogen-bond donors (Lipinski definition) is 1. The first-order valence-corrected chi connectivity index (χ1v) is 7.22. The summed E-state index contributed by atoms with van der Waals surface area (Å²) in [6.45, 7) is 4.90. The van der Waals surface area contributed by atoms with Crippen LogP contribution in [0.15, 0.2) is 0 Å². The third kappa shape index (κ3) is 3.46. The van der Waals surface area contributed by atoms with Gasteiger partial charge in [0, 0.05) is 12.1 Å². The van der Waals surface area contributed by atoms with Crippen molar-refractivity contribution < 1.29 is 0 Å². The number of likely N-dealkylation sites (tertiary alicyclic amines) is 1. The molecule has 0 atom stereocenters. The average molecular weight is 224 g/mol. The van der Waals surface area contributed by atoms with E-state index in [9.17, 15) is 0 Å². The Labute approximate surface area is 101 Å². The van der Waals surface area contributed by atoms with Crippen LogP contribution < -0.4 is 5.32 Å². The minimum atomic E-state index is 0.805. The predicted octanol–water partition coefficient (Wildman–Crippen LogP) is 2.64. The molecule has 2 aliphatic rings. The molecule has 2 nitrogen and oxygen atoms in total. The van der Waals surface area contributed by atoms with Gasteiger partial charge in [-0.25, -0.2) is 0 Å². The summed E-state index contributed by atoms with van der Waals surface area (Å²) in [4.78, 5) is 2.45. The molecule has 1 N–H and O–H groups in total. The molecular weight excluding hydrogens is 196 g/mol. The molecule has 0 aromatic rings. The quantitative estimate of drug-likeness (QED) is 0.793. The molecule has 16 heavy (non-hydrogen) atoms. The minimum Gasteiger partial charge on any atom is -0.311 e. The second-order valence-corrected chi connectivity index (χ2v) is 5.87. The van der Waals surface area contributed by atoms with Crippen LogP contribution in [0.1, 0.15) is 51.9 Å². The molecule has 0 spiro atoms. The molecule has 1 aliphatic carbocycles. The largest absolute Gasteiger partial charge is 0.311 e. The molecule has 94 valence electrons. The highest BCUT2D eigenvalue weighted by atomic mass is 15.1. The number of nitrogens with zero attached hydrogens (tertiary/aromatic N) is 1. The van der Waals surface area contributed by atoms with E-state index in [1.54, 1.807) is 0 Å². The maximum Gasteiger partial charge on any atom is 0.00939 e. The van der Waals surface area contributed by atoms with Crippen molar-refractivity contribution in [3.05, 3.63) is 0 Å². The van der Waals surface area contributed by atoms with Crippen molar-refractivity contribution in [2.75, 3.05) is 20.1 Å². The molecular formula is C14H28N2. The first kappa shape index (κ1) is 12.4. The maximum absolute atomic E-state index is 3.90. The van der Waals surface area contributed by atoms with E-state index in [1.807, 2.05) is 0 Å². The van der Waals surface area contributed by atoms with Gasteiger partial charge < -0.3 is 10.2 Å². The predicted molar refractivity (Wildman–Crippen MR) is 69.7 cm³/mol. The van der Waals surface area contributed by atoms with Crippen LogP contribution in [0.5, 0.6) is 0 Å². The van der Waals surface area contributed by atoms with Gasteiger partial charge in [-0.2, -0.15) is 0 Å². The fourth-order valence-corrected chi connectivity index (χ4v) is 3.25. The average Bonchev–Trinajstić information content (AvgIpc) is 2.33. The van der Waals surface area contributed by atoms with Gasteiger partial charge in [-0.3, -0.25) is 0 Å². The second-order valence-electron chi connectivity index (χ2n) is 5.87. The van der Waals surface area contributed by atoms with Crippen LogP contribution in [-0.4, -0.2) is 37.1 Å². The molecule has 2 rings (SSSR count). The van der Waals surface area contributed by atoms with Crippen molar-refractivity contribution >= 4 is 0 Å². The highest BCUT2D eigenvalue weighted by molar-refractivity contribution is 4.83. The summed E-state index contributed by atoms with van der Waals surface area (Å²) >= 11 is 0. The van der Waals surface area contributed by atoms with Crippen LogP contribution in [0.3, 0.4) is 0 Å². The van der Waals surface area contributed by atoms with Gasteiger partial charge in [0.1, 0.15) is 0 Å². The zero-order chi connectivity index (χ0) is 11.4. The van der Waals surface area contributed by atoms with Gasteiger partial charge in [0.2, 0.25) is 0 Å². The van der Waals surface area contributed by atoms with Crippen molar-refractivity contribution in [2.45, 2.75) is 64.0 Å². The molecule has 1 saturated carbocycles. The van der Waals surface area contributed by atoms with Gasteiger partial charge in [-0.1, -0.05) is 13.3 Å². The second kappa shape index (κ2) is 6.02. The number of rotatable bonds is 3. The number of hydrogen-bond acceptors (Lipinski definition) is 2. The summed E-state index contributed by atoms with van der Waals surface area (Å²) in [5.41, 5.74) is 0. The van der Waals surface area contributed by atoms with E-state index in [1.165, 1.54) is 58.0 Å². The first-order valence-electron chi connectivity index (χ1n) is 7.22. The summed E-state index contributed by atoms with van der Waals surface area (Å²) in [7, 11) is 2.24. The Bertz CT molecular complexity index is 189. The van der Waals surface area contributed by atoms with Crippen LogP contribution >= 0.6 is 0 Å². The zero-order valence-corrected chi connectivity index (χ0v) is 11.0. The topological polar surface area (TPSA) is 15.3 Å². The Morgan fingerprint density at radius 1 is 0.938 bits per heavy atom. The SMILES string of the molecule is CCC1CCC(NC2CCN(C)CC2)CC1. The van der Waals surface area contributed by atoms with E-state index in [2.05, 4.69) is 24.2 Å². The molecule has 1 saturated heterocycles. The van der Waals surface area contributed by atoms with Gasteiger partial charge in [-0.05, 0) is 64.6 Å². The summed E-state index contributed by atoms with van der Waals surface area (Å²) < 4.78 is 0. The Kier molecular flexibility index (Phi) is 4.66. The molecule has 2 fully saturated rings. The van der Waals surface area contributed by atoms with Crippen molar-refractivity contribution in [3.63, 3.8) is 0 Å². The highest BCUT2D eigenvalue weighted by Gasteiger charge is 2.23. The fraction of sp³-hybridized carbons (Fsp3) is 1.00. The van der Waals surface area contributed by atoms with E-state index in [-0.39, 0.29) is 0 Å². The molecule has 0 bridgehead atoms. The van der Waals surface area contributed by atoms with E-state index in [0.29, 0.717) is 0 Å². The lowest BCUT2D eigenvalue weighted by Crippen LogP contribution is -2.46. The lowest BCUT2D eigenvalue weighted by atomic mass is 9.84. The Morgan fingerprint density at radius 2 is 1.50 bits per heavy atom. The Hall–Kier alpha value is -0.0800. The van der Waals surface area contributed by atoms with Gasteiger partial charge in [0.25, 0.3) is 0 Å². The summed E-state index contributed by atoms with van der Waals surface area (Å²) in [6.07, 6.45) is 9.85. The molecule has 0 radical (unpaired) electrons. The third-order valence-electron chi connectivity index (χ3n) is 4.61. The monoisotopic (exact) mass is 224 g/mol. The molecule has 0 aromatic carbocycles. The molecule has 1 aliphatic heterocycles. The fourth-order valence-electron chi connectivity index (χ4n) is 3.25. The van der Waals surface area contributed by atoms with Crippen molar-refractivity contribution in [1.29, 1.82) is 0 Å². The van der Waals surface area contributed by atoms with Crippen LogP contribution in [-0.2, 0) is 0 Å². The van der Waals surface area contributed by atoms with Crippen LogP contribution in [0, 0.1) is 5.92 Å². The lowest BCUT2D eigenvalue weighted by molar-refractivity contribution is 0.202. The van der Waals surface area contributed by atoms with E-state index < -0.39 is 0 Å². The van der Waals surface area contributed by atoms with Gasteiger partial charge in [-0.15, -0.1) is 0 Å². The van der Waals surface area contributed by atoms with Gasteiger partial charge in [0.15, 0.2) is 0 Å². The third-order valence-corrected chi connectivity index (χ3v) is 4.61. The van der Waals surface area contributed by atoms with Crippen LogP contribution in [0.4, 0.5) is 0 Å². The highest BCUT2D eigenvalue weighted by Crippen LogP contribution is 2.27. The van der Waals surface area contributed by atoms with E-state index in [0.717, 1.165) is 18.0 Å². The van der Waals surface area contributed by atoms with Gasteiger partial charge in [0.05, 0.1) is 0 Å². The normalized spacial score (nSPS) is 34.1. The summed E-state index contributed by atoms with van der Waals surface area (Å²) in [6, 6.07) is 1.63. The molecule has 0 aromatic heterocycles. The lowest BCUT2D eigenvalue weighted by Gasteiger charge is -2.35. The summed E-state index contributed by atoms with van der Waals surface area (Å²) in [5, 5.41) is 3.90. The molecule has 0 unspecified atom stereocenters. The van der Waals surface area contributed by atoms with Crippen molar-refractivity contribution in [3.8, 4) is 0 Å². The molecule has 2 heteroatoms. The van der Waals surface area contributed by atoms with Crippen molar-refractivity contribution in [2.24, 2.45) is 5.92 Å². The van der Waals surface area contributed by atoms with Gasteiger partial charge >= 0.3 is 0 Å². The van der Waals surface area contributed by atoms with E-state index >= 15 is 0 Å². The first-order chi connectivity index (χ1) is 7.78. The molecule has 1 heterocycles. The Morgan fingerprint density at radius 3 is 2.06 bits per heavy atom. The van der Waals surface area contributed by atoms with Crippen LogP contribution in [0.25, 0.3) is 0 Å². The summed E-state index contributed by atoms with van der Waals surface area (Å²) in [5.74, 6) is 1.02. The van der Waals surface area contributed by atoms with Crippen molar-refractivity contribution in [1.82, 2.24) is 10.2 Å². The van der Waals surface area contributed by atoms with Crippen LogP contribution in [0.2, 0.25) is 0 Å².